The molecule has 0 heterocycles. The van der Waals surface area contributed by atoms with E-state index in [2.05, 4.69) is 11.4 Å². The summed E-state index contributed by atoms with van der Waals surface area (Å²) in [4.78, 5) is 22.3. The maximum atomic E-state index is 11.8. The molecule has 0 saturated carbocycles. The summed E-state index contributed by atoms with van der Waals surface area (Å²) in [6.07, 6.45) is 0.764. The van der Waals surface area contributed by atoms with Crippen molar-refractivity contribution in [1.82, 2.24) is 5.32 Å². The fraction of sp³-hybridized carbons (Fsp3) is 0.222. The third-order valence-corrected chi connectivity index (χ3v) is 3.36. The van der Waals surface area contributed by atoms with E-state index in [4.69, 9.17) is 4.74 Å². The molecule has 0 aliphatic rings. The molecule has 0 fully saturated rings. The van der Waals surface area contributed by atoms with Crippen molar-refractivity contribution in [2.24, 2.45) is 0 Å². The fourth-order valence-electron chi connectivity index (χ4n) is 2.08. The molecule has 0 aliphatic carbocycles. The van der Waals surface area contributed by atoms with Crippen molar-refractivity contribution >= 4 is 12.2 Å². The van der Waals surface area contributed by atoms with Gasteiger partial charge in [0.2, 0.25) is 0 Å². The van der Waals surface area contributed by atoms with Crippen LogP contribution in [-0.2, 0) is 11.3 Å². The standard InChI is InChI=1S/C18H19NO3/c1-13-3-6-16(14(2)9-13)10-19-18(21)12-22-17-7-4-15(11-20)5-8-17/h3-9,11H,10,12H2,1-2H3,(H,19,21). The van der Waals surface area contributed by atoms with Crippen molar-refractivity contribution in [1.29, 1.82) is 0 Å². The van der Waals surface area contributed by atoms with E-state index in [1.807, 2.05) is 26.0 Å². The minimum atomic E-state index is -0.181. The Morgan fingerprint density at radius 3 is 2.50 bits per heavy atom. The number of hydrogen-bond acceptors (Lipinski definition) is 3. The summed E-state index contributed by atoms with van der Waals surface area (Å²) in [5.41, 5.74) is 4.03. The lowest BCUT2D eigenvalue weighted by Crippen LogP contribution is -2.28. The van der Waals surface area contributed by atoms with Crippen LogP contribution in [0.25, 0.3) is 0 Å². The average molecular weight is 297 g/mol. The van der Waals surface area contributed by atoms with E-state index >= 15 is 0 Å². The predicted molar refractivity (Wildman–Crippen MR) is 85.1 cm³/mol. The number of benzene rings is 2. The number of ether oxygens (including phenoxy) is 1. The zero-order valence-electron chi connectivity index (χ0n) is 12.8. The highest BCUT2D eigenvalue weighted by Crippen LogP contribution is 2.11. The summed E-state index contributed by atoms with van der Waals surface area (Å²) in [5.74, 6) is 0.381. The lowest BCUT2D eigenvalue weighted by Gasteiger charge is -2.10. The van der Waals surface area contributed by atoms with Crippen molar-refractivity contribution in [2.75, 3.05) is 6.61 Å². The predicted octanol–water partition coefficient (Wildman–Crippen LogP) is 2.81. The van der Waals surface area contributed by atoms with Crippen LogP contribution < -0.4 is 10.1 Å². The minimum absolute atomic E-state index is 0.0503. The zero-order valence-corrected chi connectivity index (χ0v) is 12.8. The van der Waals surface area contributed by atoms with Gasteiger partial charge in [-0.3, -0.25) is 9.59 Å². The van der Waals surface area contributed by atoms with E-state index in [-0.39, 0.29) is 12.5 Å². The summed E-state index contributed by atoms with van der Waals surface area (Å²) in [6.45, 7) is 4.50. The fourth-order valence-corrected chi connectivity index (χ4v) is 2.08. The Kier molecular flexibility index (Phi) is 5.31. The Bertz CT molecular complexity index is 663. The van der Waals surface area contributed by atoms with E-state index in [0.717, 1.165) is 17.4 Å². The number of carbonyl (C=O) groups is 2. The summed E-state index contributed by atoms with van der Waals surface area (Å²) in [7, 11) is 0. The Balaban J connectivity index is 1.81. The first-order valence-electron chi connectivity index (χ1n) is 7.09. The van der Waals surface area contributed by atoms with Crippen molar-refractivity contribution in [3.05, 3.63) is 64.7 Å². The van der Waals surface area contributed by atoms with Crippen LogP contribution in [0.5, 0.6) is 5.75 Å². The van der Waals surface area contributed by atoms with Crippen LogP contribution in [0.3, 0.4) is 0 Å². The maximum Gasteiger partial charge on any atom is 0.258 e. The van der Waals surface area contributed by atoms with Crippen LogP contribution in [0.15, 0.2) is 42.5 Å². The third kappa shape index (κ3) is 4.45. The van der Waals surface area contributed by atoms with Gasteiger partial charge in [-0.2, -0.15) is 0 Å². The highest BCUT2D eigenvalue weighted by molar-refractivity contribution is 5.77. The number of nitrogens with one attached hydrogen (secondary N) is 1. The van der Waals surface area contributed by atoms with Gasteiger partial charge in [-0.25, -0.2) is 0 Å². The monoisotopic (exact) mass is 297 g/mol. The number of carbonyl (C=O) groups excluding carboxylic acids is 2. The molecule has 0 spiro atoms. The second kappa shape index (κ2) is 7.41. The van der Waals surface area contributed by atoms with Crippen molar-refractivity contribution < 1.29 is 14.3 Å². The quantitative estimate of drug-likeness (QED) is 0.834. The van der Waals surface area contributed by atoms with E-state index in [9.17, 15) is 9.59 Å². The van der Waals surface area contributed by atoms with Gasteiger partial charge in [-0.1, -0.05) is 23.8 Å². The number of hydrogen-bond donors (Lipinski definition) is 1. The first kappa shape index (κ1) is 15.8. The van der Waals surface area contributed by atoms with Gasteiger partial charge in [0.05, 0.1) is 0 Å². The second-order valence-electron chi connectivity index (χ2n) is 5.18. The molecule has 1 N–H and O–H groups in total. The van der Waals surface area contributed by atoms with E-state index in [1.165, 1.54) is 5.56 Å². The molecule has 0 radical (unpaired) electrons. The first-order valence-corrected chi connectivity index (χ1v) is 7.09. The molecule has 2 rings (SSSR count). The molecule has 4 nitrogen and oxygen atoms in total. The maximum absolute atomic E-state index is 11.8. The second-order valence-corrected chi connectivity index (χ2v) is 5.18. The normalized spacial score (nSPS) is 10.1. The molecule has 0 atom stereocenters. The molecule has 4 heteroatoms. The molecule has 2 aromatic carbocycles. The van der Waals surface area contributed by atoms with E-state index in [0.29, 0.717) is 17.9 Å². The van der Waals surface area contributed by atoms with Gasteiger partial charge >= 0.3 is 0 Å². The summed E-state index contributed by atoms with van der Waals surface area (Å²) in [5, 5.41) is 2.83. The van der Waals surface area contributed by atoms with Crippen LogP contribution in [0.1, 0.15) is 27.0 Å². The lowest BCUT2D eigenvalue weighted by molar-refractivity contribution is -0.123. The third-order valence-electron chi connectivity index (χ3n) is 3.36. The average Bonchev–Trinajstić information content (AvgIpc) is 2.52. The van der Waals surface area contributed by atoms with Gasteiger partial charge in [0, 0.05) is 12.1 Å². The van der Waals surface area contributed by atoms with Gasteiger partial charge in [0.1, 0.15) is 12.0 Å². The number of amides is 1. The molecular weight excluding hydrogens is 278 g/mol. The molecule has 0 bridgehead atoms. The topological polar surface area (TPSA) is 55.4 Å². The first-order chi connectivity index (χ1) is 10.6. The summed E-state index contributed by atoms with van der Waals surface area (Å²) in [6, 6.07) is 12.8. The van der Waals surface area contributed by atoms with E-state index in [1.54, 1.807) is 24.3 Å². The molecule has 22 heavy (non-hydrogen) atoms. The number of aryl methyl sites for hydroxylation is 2. The lowest BCUT2D eigenvalue weighted by atomic mass is 10.1. The van der Waals surface area contributed by atoms with Crippen molar-refractivity contribution in [2.45, 2.75) is 20.4 Å². The smallest absolute Gasteiger partial charge is 0.258 e. The molecule has 0 saturated heterocycles. The van der Waals surface area contributed by atoms with Gasteiger partial charge in [0.25, 0.3) is 5.91 Å². The highest BCUT2D eigenvalue weighted by atomic mass is 16.5. The minimum Gasteiger partial charge on any atom is -0.484 e. The van der Waals surface area contributed by atoms with Crippen LogP contribution in [0.4, 0.5) is 0 Å². The summed E-state index contributed by atoms with van der Waals surface area (Å²) < 4.78 is 5.38. The Hall–Kier alpha value is -2.62. The highest BCUT2D eigenvalue weighted by Gasteiger charge is 2.04. The molecule has 0 unspecified atom stereocenters. The Morgan fingerprint density at radius 2 is 1.86 bits per heavy atom. The van der Waals surface area contributed by atoms with Crippen LogP contribution in [-0.4, -0.2) is 18.8 Å². The number of aldehydes is 1. The van der Waals surface area contributed by atoms with Gasteiger partial charge in [-0.05, 0) is 49.2 Å². The molecule has 2 aromatic rings. The number of rotatable bonds is 6. The van der Waals surface area contributed by atoms with Crippen LogP contribution >= 0.6 is 0 Å². The van der Waals surface area contributed by atoms with Crippen molar-refractivity contribution in [3.8, 4) is 5.75 Å². The SMILES string of the molecule is Cc1ccc(CNC(=O)COc2ccc(C=O)cc2)c(C)c1. The molecule has 1 amide bonds. The molecule has 0 aromatic heterocycles. The van der Waals surface area contributed by atoms with Gasteiger partial charge in [-0.15, -0.1) is 0 Å². The van der Waals surface area contributed by atoms with E-state index < -0.39 is 0 Å². The molecular formula is C18H19NO3. The molecule has 0 aliphatic heterocycles. The zero-order chi connectivity index (χ0) is 15.9. The van der Waals surface area contributed by atoms with Gasteiger partial charge < -0.3 is 10.1 Å². The Morgan fingerprint density at radius 1 is 1.14 bits per heavy atom. The van der Waals surface area contributed by atoms with Gasteiger partial charge in [0.15, 0.2) is 6.61 Å². The molecule has 114 valence electrons. The van der Waals surface area contributed by atoms with Crippen LogP contribution in [0, 0.1) is 13.8 Å². The van der Waals surface area contributed by atoms with Crippen molar-refractivity contribution in [3.63, 3.8) is 0 Å². The van der Waals surface area contributed by atoms with Crippen LogP contribution in [0.2, 0.25) is 0 Å². The largest absolute Gasteiger partial charge is 0.484 e. The Labute approximate surface area is 130 Å². The summed E-state index contributed by atoms with van der Waals surface area (Å²) >= 11 is 0.